The molecule has 1 aliphatic carbocycles. The molecule has 1 aromatic rings. The van der Waals surface area contributed by atoms with Crippen molar-refractivity contribution in [3.05, 3.63) is 30.1 Å². The Kier molecular flexibility index (Phi) is 3.34. The van der Waals surface area contributed by atoms with Crippen LogP contribution in [0.3, 0.4) is 0 Å². The molecule has 2 N–H and O–H groups in total. The second-order valence-corrected chi connectivity index (χ2v) is 4.07. The third kappa shape index (κ3) is 2.55. The molecule has 15 heavy (non-hydrogen) atoms. The molecular weight excluding hydrogens is 188 g/mol. The Morgan fingerprint density at radius 2 is 2.40 bits per heavy atom. The molecule has 1 heterocycles. The van der Waals surface area contributed by atoms with Crippen LogP contribution in [0, 0.1) is 5.92 Å². The number of hydrogen-bond donors (Lipinski definition) is 1. The summed E-state index contributed by atoms with van der Waals surface area (Å²) in [6.45, 7) is 2.75. The quantitative estimate of drug-likeness (QED) is 0.800. The van der Waals surface area contributed by atoms with Crippen molar-refractivity contribution in [2.24, 2.45) is 11.7 Å². The first-order valence-electron chi connectivity index (χ1n) is 5.60. The van der Waals surface area contributed by atoms with Gasteiger partial charge in [-0.1, -0.05) is 6.07 Å². The van der Waals surface area contributed by atoms with Gasteiger partial charge in [0.15, 0.2) is 0 Å². The summed E-state index contributed by atoms with van der Waals surface area (Å²) in [5.41, 5.74) is 7.27. The van der Waals surface area contributed by atoms with Gasteiger partial charge >= 0.3 is 0 Å². The molecule has 2 unspecified atom stereocenters. The summed E-state index contributed by atoms with van der Waals surface area (Å²) in [6.07, 6.45) is 6.26. The van der Waals surface area contributed by atoms with Gasteiger partial charge in [-0.15, -0.1) is 0 Å². The number of nitrogens with two attached hydrogens (primary N) is 1. The smallest absolute Gasteiger partial charge is 0.0796 e. The maximum absolute atomic E-state index is 6.20. The molecule has 0 aliphatic heterocycles. The predicted molar refractivity (Wildman–Crippen MR) is 59.3 cm³/mol. The van der Waals surface area contributed by atoms with Gasteiger partial charge in [0, 0.05) is 19.0 Å². The summed E-state index contributed by atoms with van der Waals surface area (Å²) in [7, 11) is 0. The molecule has 3 nitrogen and oxygen atoms in total. The minimum atomic E-state index is -0.0360. The average molecular weight is 206 g/mol. The minimum Gasteiger partial charge on any atom is -0.376 e. The van der Waals surface area contributed by atoms with Crippen LogP contribution in [0.5, 0.6) is 0 Å². The van der Waals surface area contributed by atoms with Gasteiger partial charge in [0.2, 0.25) is 0 Å². The van der Waals surface area contributed by atoms with Gasteiger partial charge in [0.1, 0.15) is 0 Å². The van der Waals surface area contributed by atoms with E-state index in [4.69, 9.17) is 10.5 Å². The predicted octanol–water partition coefficient (Wildman–Crippen LogP) is 1.90. The molecule has 2 rings (SSSR count). The highest BCUT2D eigenvalue weighted by atomic mass is 16.5. The highest BCUT2D eigenvalue weighted by Gasteiger charge is 2.36. The molecule has 2 atom stereocenters. The number of pyridine rings is 1. The highest BCUT2D eigenvalue weighted by Crippen LogP contribution is 2.38. The summed E-state index contributed by atoms with van der Waals surface area (Å²) in [5.74, 6) is 0.653. The Hall–Kier alpha value is -0.930. The number of ether oxygens (including phenoxy) is 1. The molecule has 1 aliphatic rings. The van der Waals surface area contributed by atoms with Crippen molar-refractivity contribution in [3.8, 4) is 0 Å². The van der Waals surface area contributed by atoms with Crippen LogP contribution in [0.25, 0.3) is 0 Å². The van der Waals surface area contributed by atoms with Gasteiger partial charge in [-0.05, 0) is 37.3 Å². The monoisotopic (exact) mass is 206 g/mol. The zero-order valence-electron chi connectivity index (χ0n) is 9.10. The zero-order valence-corrected chi connectivity index (χ0v) is 9.10. The molecule has 1 fully saturated rings. The molecule has 0 radical (unpaired) electrons. The van der Waals surface area contributed by atoms with E-state index in [-0.39, 0.29) is 12.1 Å². The lowest BCUT2D eigenvalue weighted by atomic mass is 10.0. The van der Waals surface area contributed by atoms with Crippen LogP contribution in [0.15, 0.2) is 24.5 Å². The standard InChI is InChI=1S/C12H18N2O/c1-2-15-12(9-5-6-9)11(13)10-4-3-7-14-8-10/h3-4,7-9,11-12H,2,5-6,13H2,1H3. The van der Waals surface area contributed by atoms with E-state index in [1.165, 1.54) is 12.8 Å². The molecule has 0 bridgehead atoms. The Balaban J connectivity index is 2.07. The van der Waals surface area contributed by atoms with E-state index in [2.05, 4.69) is 4.98 Å². The molecule has 82 valence electrons. The van der Waals surface area contributed by atoms with Crippen molar-refractivity contribution in [2.75, 3.05) is 6.61 Å². The molecule has 3 heteroatoms. The maximum Gasteiger partial charge on any atom is 0.0796 e. The van der Waals surface area contributed by atoms with Crippen LogP contribution in [0.4, 0.5) is 0 Å². The number of aromatic nitrogens is 1. The van der Waals surface area contributed by atoms with Crippen LogP contribution >= 0.6 is 0 Å². The van der Waals surface area contributed by atoms with Crippen molar-refractivity contribution in [1.29, 1.82) is 0 Å². The van der Waals surface area contributed by atoms with Crippen LogP contribution in [0.1, 0.15) is 31.4 Å². The zero-order chi connectivity index (χ0) is 10.7. The van der Waals surface area contributed by atoms with E-state index < -0.39 is 0 Å². The summed E-state index contributed by atoms with van der Waals surface area (Å²) >= 11 is 0. The first-order valence-corrected chi connectivity index (χ1v) is 5.60. The number of nitrogens with zero attached hydrogens (tertiary/aromatic N) is 1. The molecule has 0 aromatic carbocycles. The third-order valence-corrected chi connectivity index (χ3v) is 2.87. The van der Waals surface area contributed by atoms with Gasteiger partial charge in [-0.25, -0.2) is 0 Å². The first-order chi connectivity index (χ1) is 7.33. The number of rotatable bonds is 5. The maximum atomic E-state index is 6.20. The average Bonchev–Trinajstić information content (AvgIpc) is 3.10. The lowest BCUT2D eigenvalue weighted by Crippen LogP contribution is -2.31. The highest BCUT2D eigenvalue weighted by molar-refractivity contribution is 5.16. The Morgan fingerprint density at radius 3 is 2.93 bits per heavy atom. The normalized spacial score (nSPS) is 19.9. The molecular formula is C12H18N2O. The molecule has 0 amide bonds. The van der Waals surface area contributed by atoms with Gasteiger partial charge in [-0.3, -0.25) is 4.98 Å². The topological polar surface area (TPSA) is 48.1 Å². The molecule has 1 saturated carbocycles. The van der Waals surface area contributed by atoms with Crippen molar-refractivity contribution in [2.45, 2.75) is 31.9 Å². The Bertz CT molecular complexity index is 298. The van der Waals surface area contributed by atoms with E-state index in [0.717, 1.165) is 12.2 Å². The summed E-state index contributed by atoms with van der Waals surface area (Å²) in [4.78, 5) is 4.09. The van der Waals surface area contributed by atoms with Gasteiger partial charge in [-0.2, -0.15) is 0 Å². The molecule has 1 aromatic heterocycles. The summed E-state index contributed by atoms with van der Waals surface area (Å²) in [5, 5.41) is 0. The molecule has 0 saturated heterocycles. The minimum absolute atomic E-state index is 0.0360. The Morgan fingerprint density at radius 1 is 1.60 bits per heavy atom. The lowest BCUT2D eigenvalue weighted by Gasteiger charge is -2.23. The van der Waals surface area contributed by atoms with E-state index >= 15 is 0 Å². The van der Waals surface area contributed by atoms with E-state index in [0.29, 0.717) is 5.92 Å². The second kappa shape index (κ2) is 4.73. The van der Waals surface area contributed by atoms with Gasteiger partial charge in [0.25, 0.3) is 0 Å². The van der Waals surface area contributed by atoms with E-state index in [1.54, 1.807) is 6.20 Å². The fourth-order valence-corrected chi connectivity index (χ4v) is 1.91. The van der Waals surface area contributed by atoms with Crippen LogP contribution < -0.4 is 5.73 Å². The van der Waals surface area contributed by atoms with Crippen LogP contribution in [-0.4, -0.2) is 17.7 Å². The summed E-state index contributed by atoms with van der Waals surface area (Å²) < 4.78 is 5.73. The third-order valence-electron chi connectivity index (χ3n) is 2.87. The fourth-order valence-electron chi connectivity index (χ4n) is 1.91. The largest absolute Gasteiger partial charge is 0.376 e. The fraction of sp³-hybridized carbons (Fsp3) is 0.583. The SMILES string of the molecule is CCOC(C1CC1)C(N)c1cccnc1. The summed E-state index contributed by atoms with van der Waals surface area (Å²) in [6, 6.07) is 3.91. The Labute approximate surface area is 90.7 Å². The van der Waals surface area contributed by atoms with Crippen molar-refractivity contribution in [1.82, 2.24) is 4.98 Å². The van der Waals surface area contributed by atoms with E-state index in [9.17, 15) is 0 Å². The number of hydrogen-bond acceptors (Lipinski definition) is 3. The van der Waals surface area contributed by atoms with Crippen molar-refractivity contribution in [3.63, 3.8) is 0 Å². The van der Waals surface area contributed by atoms with Gasteiger partial charge in [0.05, 0.1) is 12.1 Å². The second-order valence-electron chi connectivity index (χ2n) is 4.07. The molecule has 0 spiro atoms. The van der Waals surface area contributed by atoms with Crippen molar-refractivity contribution >= 4 is 0 Å². The van der Waals surface area contributed by atoms with E-state index in [1.807, 2.05) is 25.3 Å². The first kappa shape index (κ1) is 10.6. The van der Waals surface area contributed by atoms with Gasteiger partial charge < -0.3 is 10.5 Å². The van der Waals surface area contributed by atoms with Crippen LogP contribution in [-0.2, 0) is 4.74 Å². The van der Waals surface area contributed by atoms with Crippen molar-refractivity contribution < 1.29 is 4.74 Å². The lowest BCUT2D eigenvalue weighted by molar-refractivity contribution is 0.0282. The van der Waals surface area contributed by atoms with Crippen LogP contribution in [0.2, 0.25) is 0 Å².